The van der Waals surface area contributed by atoms with Crippen LogP contribution in [-0.2, 0) is 0 Å². The van der Waals surface area contributed by atoms with Gasteiger partial charge in [-0.1, -0.05) is 24.3 Å². The predicted molar refractivity (Wildman–Crippen MR) is 78.4 cm³/mol. The SMILES string of the molecule is CC(=O)c1cc2cc3ccccc3cc2cc1C(=O)O. The van der Waals surface area contributed by atoms with E-state index < -0.39 is 5.97 Å². The first kappa shape index (κ1) is 12.4. The smallest absolute Gasteiger partial charge is 0.336 e. The minimum Gasteiger partial charge on any atom is -0.478 e. The minimum atomic E-state index is -1.08. The van der Waals surface area contributed by atoms with Crippen molar-refractivity contribution < 1.29 is 14.7 Å². The number of carbonyl (C=O) groups is 2. The molecule has 3 aromatic carbocycles. The molecule has 0 saturated heterocycles. The zero-order chi connectivity index (χ0) is 14.3. The molecule has 0 saturated carbocycles. The number of carbonyl (C=O) groups excluding carboxylic acids is 1. The van der Waals surface area contributed by atoms with Crippen molar-refractivity contribution in [3.63, 3.8) is 0 Å². The van der Waals surface area contributed by atoms with E-state index in [1.165, 1.54) is 6.92 Å². The summed E-state index contributed by atoms with van der Waals surface area (Å²) in [6.07, 6.45) is 0. The van der Waals surface area contributed by atoms with Crippen LogP contribution < -0.4 is 0 Å². The molecule has 0 aliphatic carbocycles. The molecule has 98 valence electrons. The molecular weight excluding hydrogens is 252 g/mol. The van der Waals surface area contributed by atoms with E-state index in [0.29, 0.717) is 0 Å². The number of carboxylic acids is 1. The zero-order valence-corrected chi connectivity index (χ0v) is 10.9. The van der Waals surface area contributed by atoms with E-state index in [9.17, 15) is 14.7 Å². The van der Waals surface area contributed by atoms with Gasteiger partial charge in [0.15, 0.2) is 5.78 Å². The molecule has 0 aliphatic heterocycles. The lowest BCUT2D eigenvalue weighted by Gasteiger charge is -2.07. The molecule has 0 spiro atoms. The van der Waals surface area contributed by atoms with Crippen molar-refractivity contribution in [2.24, 2.45) is 0 Å². The lowest BCUT2D eigenvalue weighted by Crippen LogP contribution is -2.06. The summed E-state index contributed by atoms with van der Waals surface area (Å²) in [5.41, 5.74) is 0.306. The van der Waals surface area contributed by atoms with Crippen LogP contribution in [0.15, 0.2) is 48.5 Å². The highest BCUT2D eigenvalue weighted by atomic mass is 16.4. The third-order valence-electron chi connectivity index (χ3n) is 3.45. The van der Waals surface area contributed by atoms with E-state index in [0.717, 1.165) is 21.5 Å². The number of hydrogen-bond acceptors (Lipinski definition) is 2. The highest BCUT2D eigenvalue weighted by molar-refractivity contribution is 6.10. The number of benzene rings is 3. The summed E-state index contributed by atoms with van der Waals surface area (Å²) in [4.78, 5) is 22.9. The van der Waals surface area contributed by atoms with Crippen molar-refractivity contribution in [3.05, 3.63) is 59.7 Å². The lowest BCUT2D eigenvalue weighted by atomic mass is 9.96. The van der Waals surface area contributed by atoms with Gasteiger partial charge in [-0.15, -0.1) is 0 Å². The Bertz CT molecular complexity index is 791. The maximum Gasteiger partial charge on any atom is 0.336 e. The third kappa shape index (κ3) is 1.93. The molecule has 0 aromatic heterocycles. The van der Waals surface area contributed by atoms with Crippen LogP contribution >= 0.6 is 0 Å². The van der Waals surface area contributed by atoms with E-state index in [-0.39, 0.29) is 16.9 Å². The average molecular weight is 264 g/mol. The van der Waals surface area contributed by atoms with Gasteiger partial charge in [0, 0.05) is 5.56 Å². The first-order valence-electron chi connectivity index (χ1n) is 6.27. The number of aromatic carboxylic acids is 1. The predicted octanol–water partition coefficient (Wildman–Crippen LogP) is 3.89. The van der Waals surface area contributed by atoms with Crippen LogP contribution in [0.2, 0.25) is 0 Å². The number of Topliss-reactive ketones (excluding diaryl/α,β-unsaturated/α-hetero) is 1. The molecule has 3 heteroatoms. The maximum atomic E-state index is 11.6. The Morgan fingerprint density at radius 3 is 1.75 bits per heavy atom. The van der Waals surface area contributed by atoms with Crippen LogP contribution in [0.3, 0.4) is 0 Å². The van der Waals surface area contributed by atoms with E-state index in [2.05, 4.69) is 0 Å². The van der Waals surface area contributed by atoms with Gasteiger partial charge in [0.1, 0.15) is 0 Å². The molecule has 3 rings (SSSR count). The Kier molecular flexibility index (Phi) is 2.75. The molecular formula is C17H12O3. The van der Waals surface area contributed by atoms with Crippen molar-refractivity contribution in [1.29, 1.82) is 0 Å². The monoisotopic (exact) mass is 264 g/mol. The fourth-order valence-electron chi connectivity index (χ4n) is 2.46. The second-order valence-corrected chi connectivity index (χ2v) is 4.81. The maximum absolute atomic E-state index is 11.6. The standard InChI is InChI=1S/C17H12O3/c1-10(18)15-8-13-6-11-4-2-3-5-12(11)7-14(13)9-16(15)17(19)20/h2-9H,1H3,(H,19,20). The highest BCUT2D eigenvalue weighted by Gasteiger charge is 2.15. The summed E-state index contributed by atoms with van der Waals surface area (Å²) in [5.74, 6) is -1.32. The Balaban J connectivity index is 2.41. The van der Waals surface area contributed by atoms with Crippen LogP contribution in [-0.4, -0.2) is 16.9 Å². The first-order chi connectivity index (χ1) is 9.56. The normalized spacial score (nSPS) is 10.8. The summed E-state index contributed by atoms with van der Waals surface area (Å²) in [7, 11) is 0. The van der Waals surface area contributed by atoms with Crippen LogP contribution in [0, 0.1) is 0 Å². The molecule has 0 bridgehead atoms. The largest absolute Gasteiger partial charge is 0.478 e. The molecule has 3 aromatic rings. The van der Waals surface area contributed by atoms with Crippen LogP contribution in [0.5, 0.6) is 0 Å². The molecule has 3 nitrogen and oxygen atoms in total. The van der Waals surface area contributed by atoms with E-state index in [1.807, 2.05) is 36.4 Å². The van der Waals surface area contributed by atoms with Gasteiger partial charge in [0.05, 0.1) is 5.56 Å². The molecule has 1 N–H and O–H groups in total. The molecule has 0 atom stereocenters. The van der Waals surface area contributed by atoms with Crippen LogP contribution in [0.25, 0.3) is 21.5 Å². The Hall–Kier alpha value is -2.68. The van der Waals surface area contributed by atoms with Gasteiger partial charge in [-0.2, -0.15) is 0 Å². The summed E-state index contributed by atoms with van der Waals surface area (Å²) in [5, 5.41) is 13.0. The number of rotatable bonds is 2. The van der Waals surface area contributed by atoms with Gasteiger partial charge in [-0.3, -0.25) is 4.79 Å². The highest BCUT2D eigenvalue weighted by Crippen LogP contribution is 2.26. The van der Waals surface area contributed by atoms with E-state index in [4.69, 9.17) is 0 Å². The van der Waals surface area contributed by atoms with Gasteiger partial charge in [0.2, 0.25) is 0 Å². The Labute approximate surface area is 115 Å². The number of ketones is 1. The van der Waals surface area contributed by atoms with Crippen molar-refractivity contribution in [1.82, 2.24) is 0 Å². The fraction of sp³-hybridized carbons (Fsp3) is 0.0588. The van der Waals surface area contributed by atoms with Gasteiger partial charge >= 0.3 is 5.97 Å². The average Bonchev–Trinajstić information content (AvgIpc) is 2.43. The Morgan fingerprint density at radius 1 is 0.800 bits per heavy atom. The summed E-state index contributed by atoms with van der Waals surface area (Å²) < 4.78 is 0. The molecule has 0 unspecified atom stereocenters. The summed E-state index contributed by atoms with van der Waals surface area (Å²) in [6, 6.07) is 15.0. The minimum absolute atomic E-state index is 0.0558. The van der Waals surface area contributed by atoms with Crippen molar-refractivity contribution in [2.75, 3.05) is 0 Å². The molecule has 0 amide bonds. The fourth-order valence-corrected chi connectivity index (χ4v) is 2.46. The van der Waals surface area contributed by atoms with Gasteiger partial charge in [-0.05, 0) is 52.7 Å². The lowest BCUT2D eigenvalue weighted by molar-refractivity contribution is 0.0692. The number of hydrogen-bond donors (Lipinski definition) is 1. The van der Waals surface area contributed by atoms with Crippen molar-refractivity contribution in [3.8, 4) is 0 Å². The zero-order valence-electron chi connectivity index (χ0n) is 10.9. The third-order valence-corrected chi connectivity index (χ3v) is 3.45. The first-order valence-corrected chi connectivity index (χ1v) is 6.27. The summed E-state index contributed by atoms with van der Waals surface area (Å²) in [6.45, 7) is 1.38. The Morgan fingerprint density at radius 2 is 1.30 bits per heavy atom. The van der Waals surface area contributed by atoms with Crippen molar-refractivity contribution in [2.45, 2.75) is 6.92 Å². The number of carboxylic acid groups (broad SMARTS) is 1. The second-order valence-electron chi connectivity index (χ2n) is 4.81. The topological polar surface area (TPSA) is 54.4 Å². The van der Waals surface area contributed by atoms with Gasteiger partial charge < -0.3 is 5.11 Å². The quantitative estimate of drug-likeness (QED) is 0.564. The van der Waals surface area contributed by atoms with Crippen molar-refractivity contribution >= 4 is 33.3 Å². The molecule has 20 heavy (non-hydrogen) atoms. The van der Waals surface area contributed by atoms with Gasteiger partial charge in [-0.25, -0.2) is 4.79 Å². The van der Waals surface area contributed by atoms with Crippen LogP contribution in [0.1, 0.15) is 27.6 Å². The molecule has 0 heterocycles. The molecule has 0 aliphatic rings. The van der Waals surface area contributed by atoms with E-state index >= 15 is 0 Å². The van der Waals surface area contributed by atoms with Gasteiger partial charge in [0.25, 0.3) is 0 Å². The summed E-state index contributed by atoms with van der Waals surface area (Å²) >= 11 is 0. The van der Waals surface area contributed by atoms with E-state index in [1.54, 1.807) is 12.1 Å². The van der Waals surface area contributed by atoms with Crippen LogP contribution in [0.4, 0.5) is 0 Å². The second kappa shape index (κ2) is 4.46. The number of fused-ring (bicyclic) bond motifs is 2. The molecule has 0 fully saturated rings. The molecule has 0 radical (unpaired) electrons.